The zero-order chi connectivity index (χ0) is 18.0. The van der Waals surface area contributed by atoms with Crippen LogP contribution in [0.25, 0.3) is 10.2 Å². The van der Waals surface area contributed by atoms with E-state index in [2.05, 4.69) is 4.98 Å². The van der Waals surface area contributed by atoms with E-state index in [4.69, 9.17) is 9.47 Å². The van der Waals surface area contributed by atoms with Crippen molar-refractivity contribution in [3.05, 3.63) is 27.1 Å². The van der Waals surface area contributed by atoms with E-state index in [1.165, 1.54) is 10.9 Å². The smallest absolute Gasteiger partial charge is 0.348 e. The predicted octanol–water partition coefficient (Wildman–Crippen LogP) is 2.46. The van der Waals surface area contributed by atoms with Gasteiger partial charge < -0.3 is 9.47 Å². The van der Waals surface area contributed by atoms with Gasteiger partial charge in [-0.15, -0.1) is 11.3 Å². The number of ether oxygens (including phenoxy) is 2. The first-order chi connectivity index (χ1) is 11.3. The maximum absolute atomic E-state index is 12.7. The monoisotopic (exact) mass is 352 g/mol. The molecule has 24 heavy (non-hydrogen) atoms. The average Bonchev–Trinajstić information content (AvgIpc) is 2.84. The van der Waals surface area contributed by atoms with E-state index in [0.29, 0.717) is 20.7 Å². The largest absolute Gasteiger partial charge is 0.464 e. The number of nitrogens with zero attached hydrogens (tertiary/aromatic N) is 2. The summed E-state index contributed by atoms with van der Waals surface area (Å²) in [5.41, 5.74) is 0.140. The maximum Gasteiger partial charge on any atom is 0.348 e. The average molecular weight is 352 g/mol. The summed E-state index contributed by atoms with van der Waals surface area (Å²) in [6.07, 6.45) is 1.05. The number of aryl methyl sites for hydroxylation is 1. The van der Waals surface area contributed by atoms with Gasteiger partial charge in [0, 0.05) is 0 Å². The van der Waals surface area contributed by atoms with Gasteiger partial charge in [0.15, 0.2) is 0 Å². The van der Waals surface area contributed by atoms with Crippen LogP contribution in [-0.2, 0) is 14.3 Å². The minimum Gasteiger partial charge on any atom is -0.464 e. The third-order valence-electron chi connectivity index (χ3n) is 3.45. The first-order valence-electron chi connectivity index (χ1n) is 7.65. The van der Waals surface area contributed by atoms with Crippen LogP contribution in [0.4, 0.5) is 0 Å². The van der Waals surface area contributed by atoms with Crippen LogP contribution in [-0.4, -0.2) is 34.2 Å². The van der Waals surface area contributed by atoms with Crippen molar-refractivity contribution >= 4 is 33.5 Å². The molecule has 2 heterocycles. The summed E-state index contributed by atoms with van der Waals surface area (Å²) in [5, 5.41) is 0.328. The number of carbonyl (C=O) groups excluding carboxylic acids is 2. The Hall–Kier alpha value is -2.22. The second kappa shape index (κ2) is 7.12. The number of rotatable bonds is 5. The molecule has 0 saturated carbocycles. The van der Waals surface area contributed by atoms with E-state index in [0.717, 1.165) is 11.3 Å². The molecule has 1 atom stereocenters. The Morgan fingerprint density at radius 1 is 1.33 bits per heavy atom. The molecule has 0 unspecified atom stereocenters. The third kappa shape index (κ3) is 3.33. The van der Waals surface area contributed by atoms with Crippen molar-refractivity contribution in [2.75, 3.05) is 6.61 Å². The quantitative estimate of drug-likeness (QED) is 0.768. The van der Waals surface area contributed by atoms with Crippen LogP contribution >= 0.6 is 11.3 Å². The van der Waals surface area contributed by atoms with Crippen LogP contribution in [0.3, 0.4) is 0 Å². The van der Waals surface area contributed by atoms with Crippen LogP contribution in [0.15, 0.2) is 11.1 Å². The molecular weight excluding hydrogens is 332 g/mol. The Morgan fingerprint density at radius 3 is 2.58 bits per heavy atom. The van der Waals surface area contributed by atoms with Gasteiger partial charge in [0.25, 0.3) is 5.56 Å². The SMILES string of the molecule is CCOC(=O)[C@@H](C)n1cnc2sc(C(=O)OC(C)C)c(C)c2c1=O. The normalized spacial score (nSPS) is 12.4. The van der Waals surface area contributed by atoms with E-state index in [1.807, 2.05) is 0 Å². The molecule has 8 heteroatoms. The highest BCUT2D eigenvalue weighted by atomic mass is 32.1. The first kappa shape index (κ1) is 18.1. The number of esters is 2. The molecule has 0 saturated heterocycles. The molecule has 130 valence electrons. The zero-order valence-corrected chi connectivity index (χ0v) is 15.1. The summed E-state index contributed by atoms with van der Waals surface area (Å²) < 4.78 is 11.4. The lowest BCUT2D eigenvalue weighted by molar-refractivity contribution is -0.146. The van der Waals surface area contributed by atoms with Gasteiger partial charge in [-0.1, -0.05) is 0 Å². The van der Waals surface area contributed by atoms with Gasteiger partial charge in [0.2, 0.25) is 0 Å². The van der Waals surface area contributed by atoms with E-state index in [1.54, 1.807) is 34.6 Å². The number of hydrogen-bond donors (Lipinski definition) is 0. The lowest BCUT2D eigenvalue weighted by atomic mass is 10.2. The number of thiophene rings is 1. The molecule has 0 amide bonds. The van der Waals surface area contributed by atoms with Crippen LogP contribution in [0, 0.1) is 6.92 Å². The second-order valence-electron chi connectivity index (χ2n) is 5.58. The highest BCUT2D eigenvalue weighted by Crippen LogP contribution is 2.28. The fourth-order valence-electron chi connectivity index (χ4n) is 2.25. The van der Waals surface area contributed by atoms with Crippen molar-refractivity contribution in [3.8, 4) is 0 Å². The predicted molar refractivity (Wildman–Crippen MR) is 90.5 cm³/mol. The van der Waals surface area contributed by atoms with Gasteiger partial charge in [-0.25, -0.2) is 14.6 Å². The summed E-state index contributed by atoms with van der Waals surface area (Å²) in [7, 11) is 0. The van der Waals surface area contributed by atoms with Crippen LogP contribution in [0.5, 0.6) is 0 Å². The second-order valence-corrected chi connectivity index (χ2v) is 6.57. The minimum atomic E-state index is -0.792. The molecule has 0 bridgehead atoms. The molecule has 0 spiro atoms. The number of carbonyl (C=O) groups is 2. The van der Waals surface area contributed by atoms with Crippen molar-refractivity contribution in [2.24, 2.45) is 0 Å². The minimum absolute atomic E-state index is 0.232. The Kier molecular flexibility index (Phi) is 5.38. The molecule has 0 aromatic carbocycles. The fourth-order valence-corrected chi connectivity index (χ4v) is 3.27. The van der Waals surface area contributed by atoms with Gasteiger partial charge in [-0.05, 0) is 40.2 Å². The van der Waals surface area contributed by atoms with Crippen LogP contribution in [0.2, 0.25) is 0 Å². The van der Waals surface area contributed by atoms with E-state index in [-0.39, 0.29) is 18.3 Å². The van der Waals surface area contributed by atoms with Gasteiger partial charge in [-0.3, -0.25) is 9.36 Å². The Balaban J connectivity index is 2.52. The number of fused-ring (bicyclic) bond motifs is 1. The summed E-state index contributed by atoms with van der Waals surface area (Å²) in [6.45, 7) is 8.70. The maximum atomic E-state index is 12.7. The summed E-state index contributed by atoms with van der Waals surface area (Å²) >= 11 is 1.11. The highest BCUT2D eigenvalue weighted by Gasteiger charge is 2.24. The van der Waals surface area contributed by atoms with Crippen molar-refractivity contribution in [2.45, 2.75) is 46.8 Å². The van der Waals surface area contributed by atoms with Crippen molar-refractivity contribution < 1.29 is 19.1 Å². The summed E-state index contributed by atoms with van der Waals surface area (Å²) in [4.78, 5) is 41.8. The molecule has 0 aliphatic rings. The molecule has 7 nitrogen and oxygen atoms in total. The van der Waals surface area contributed by atoms with Crippen LogP contribution < -0.4 is 5.56 Å². The van der Waals surface area contributed by atoms with E-state index >= 15 is 0 Å². The standard InChI is InChI=1S/C16H20N2O5S/c1-6-22-15(20)10(5)18-7-17-13-11(14(18)19)9(4)12(24-13)16(21)23-8(2)3/h7-8,10H,6H2,1-5H3/t10-/m1/s1. The molecule has 0 N–H and O–H groups in total. The van der Waals surface area contributed by atoms with Gasteiger partial charge >= 0.3 is 11.9 Å². The fraction of sp³-hybridized carbons (Fsp3) is 0.500. The molecule has 0 aliphatic heterocycles. The van der Waals surface area contributed by atoms with Gasteiger partial charge in [0.1, 0.15) is 15.7 Å². The number of hydrogen-bond acceptors (Lipinski definition) is 7. The van der Waals surface area contributed by atoms with Gasteiger partial charge in [-0.2, -0.15) is 0 Å². The molecule has 2 aromatic heterocycles. The summed E-state index contributed by atoms with van der Waals surface area (Å²) in [6, 6.07) is -0.792. The highest BCUT2D eigenvalue weighted by molar-refractivity contribution is 7.20. The molecular formula is C16H20N2O5S. The Morgan fingerprint density at radius 2 is 2.00 bits per heavy atom. The van der Waals surface area contributed by atoms with E-state index in [9.17, 15) is 14.4 Å². The van der Waals surface area contributed by atoms with Crippen LogP contribution in [0.1, 0.15) is 49.0 Å². The Bertz CT molecular complexity index is 837. The molecule has 0 radical (unpaired) electrons. The number of aromatic nitrogens is 2. The van der Waals surface area contributed by atoms with E-state index < -0.39 is 18.0 Å². The third-order valence-corrected chi connectivity index (χ3v) is 4.63. The zero-order valence-electron chi connectivity index (χ0n) is 14.3. The lowest BCUT2D eigenvalue weighted by Crippen LogP contribution is -2.29. The molecule has 2 rings (SSSR count). The summed E-state index contributed by atoms with van der Waals surface area (Å²) in [5.74, 6) is -0.983. The molecule has 2 aromatic rings. The van der Waals surface area contributed by atoms with Crippen molar-refractivity contribution in [1.82, 2.24) is 9.55 Å². The van der Waals surface area contributed by atoms with Crippen molar-refractivity contribution in [1.29, 1.82) is 0 Å². The van der Waals surface area contributed by atoms with Crippen molar-refractivity contribution in [3.63, 3.8) is 0 Å². The Labute approximate surface area is 143 Å². The van der Waals surface area contributed by atoms with Gasteiger partial charge in [0.05, 0.1) is 24.4 Å². The molecule has 0 aliphatic carbocycles. The topological polar surface area (TPSA) is 87.5 Å². The first-order valence-corrected chi connectivity index (χ1v) is 8.47. The lowest BCUT2D eigenvalue weighted by Gasteiger charge is -2.13. The molecule has 0 fully saturated rings.